The Kier molecular flexibility index (Phi) is 7.63. The second-order valence-electron chi connectivity index (χ2n) is 7.86. The zero-order chi connectivity index (χ0) is 20.6. The number of hydrogen-bond acceptors (Lipinski definition) is 4. The molecule has 2 amide bonds. The number of benzene rings is 1. The zero-order valence-electron chi connectivity index (χ0n) is 17.6. The largest absolute Gasteiger partial charge is 0.338 e. The Bertz CT molecular complexity index is 866. The predicted octanol–water partition coefficient (Wildman–Crippen LogP) is 3.11. The lowest BCUT2D eigenvalue weighted by atomic mass is 10.0. The lowest BCUT2D eigenvalue weighted by molar-refractivity contribution is 0.157. The maximum Gasteiger partial charge on any atom is 0.317 e. The number of nitrogens with zero attached hydrogens (tertiary/aromatic N) is 3. The Hall–Kier alpha value is -2.41. The number of para-hydroxylation sites is 1. The quantitative estimate of drug-likeness (QED) is 0.669. The van der Waals surface area contributed by atoms with Gasteiger partial charge in [-0.05, 0) is 64.8 Å². The van der Waals surface area contributed by atoms with E-state index in [0.29, 0.717) is 35.9 Å². The summed E-state index contributed by atoms with van der Waals surface area (Å²) < 4.78 is 0. The lowest BCUT2D eigenvalue weighted by Gasteiger charge is -2.33. The maximum atomic E-state index is 12.5. The molecule has 0 bridgehead atoms. The fourth-order valence-electron chi connectivity index (χ4n) is 3.95. The Morgan fingerprint density at radius 1 is 1.31 bits per heavy atom. The van der Waals surface area contributed by atoms with Gasteiger partial charge in [-0.15, -0.1) is 0 Å². The smallest absolute Gasteiger partial charge is 0.317 e. The van der Waals surface area contributed by atoms with E-state index in [0.717, 1.165) is 19.4 Å². The molecule has 158 valence electrons. The van der Waals surface area contributed by atoms with Crippen LogP contribution >= 0.6 is 0 Å². The minimum absolute atomic E-state index is 0.116. The van der Waals surface area contributed by atoms with Crippen LogP contribution in [0.3, 0.4) is 0 Å². The average Bonchev–Trinajstić information content (AvgIpc) is 2.73. The number of aromatic amines is 1. The monoisotopic (exact) mass is 399 g/mol. The van der Waals surface area contributed by atoms with E-state index in [1.807, 2.05) is 25.1 Å². The molecule has 7 nitrogen and oxygen atoms in total. The molecule has 1 fully saturated rings. The van der Waals surface area contributed by atoms with Crippen LogP contribution in [0.1, 0.15) is 51.8 Å². The molecule has 0 saturated carbocycles. The first-order valence-electron chi connectivity index (χ1n) is 10.8. The van der Waals surface area contributed by atoms with Crippen LogP contribution in [-0.2, 0) is 6.54 Å². The average molecular weight is 400 g/mol. The molecular weight excluding hydrogens is 366 g/mol. The van der Waals surface area contributed by atoms with Crippen LogP contribution < -0.4 is 10.9 Å². The van der Waals surface area contributed by atoms with Gasteiger partial charge in [0.05, 0.1) is 17.4 Å². The maximum absolute atomic E-state index is 12.5. The number of fused-ring (bicyclic) bond motifs is 1. The molecule has 0 spiro atoms. The van der Waals surface area contributed by atoms with Gasteiger partial charge in [-0.1, -0.05) is 18.6 Å². The van der Waals surface area contributed by atoms with Gasteiger partial charge in [0, 0.05) is 19.1 Å². The summed E-state index contributed by atoms with van der Waals surface area (Å²) in [5.74, 6) is 0.504. The summed E-state index contributed by atoms with van der Waals surface area (Å²) in [4.78, 5) is 36.3. The van der Waals surface area contributed by atoms with Gasteiger partial charge < -0.3 is 20.1 Å². The molecule has 1 aromatic heterocycles. The topological polar surface area (TPSA) is 81.3 Å². The number of carbonyl (C=O) groups is 1. The normalized spacial score (nSPS) is 17.4. The third-order valence-corrected chi connectivity index (χ3v) is 5.76. The second-order valence-corrected chi connectivity index (χ2v) is 7.86. The van der Waals surface area contributed by atoms with Gasteiger partial charge in [-0.3, -0.25) is 4.79 Å². The number of urea groups is 1. The molecule has 2 heterocycles. The molecule has 0 radical (unpaired) electrons. The molecule has 29 heavy (non-hydrogen) atoms. The van der Waals surface area contributed by atoms with Crippen molar-refractivity contribution in [2.75, 3.05) is 26.2 Å². The molecule has 7 heteroatoms. The van der Waals surface area contributed by atoms with E-state index in [1.54, 1.807) is 11.0 Å². The first-order valence-corrected chi connectivity index (χ1v) is 10.8. The van der Waals surface area contributed by atoms with Crippen molar-refractivity contribution in [3.63, 3.8) is 0 Å². The number of amides is 2. The standard InChI is InChI=1S/C22H33N5O2/c1-3-26(16-20-24-19-12-5-4-11-18(19)21(28)25-20)22(29)23-13-7-9-15-27-14-8-6-10-17(27)2/h4-5,11-12,17H,3,6-10,13-16H2,1-2H3,(H,23,29)(H,24,25,28). The molecule has 1 aromatic carbocycles. The first kappa shape index (κ1) is 21.3. The van der Waals surface area contributed by atoms with Crippen molar-refractivity contribution >= 4 is 16.9 Å². The summed E-state index contributed by atoms with van der Waals surface area (Å²) in [6.07, 6.45) is 6.01. The number of nitrogens with one attached hydrogen (secondary N) is 2. The van der Waals surface area contributed by atoms with E-state index >= 15 is 0 Å². The van der Waals surface area contributed by atoms with Crippen molar-refractivity contribution in [3.8, 4) is 0 Å². The number of unbranched alkanes of at least 4 members (excludes halogenated alkanes) is 1. The number of carbonyl (C=O) groups excluding carboxylic acids is 1. The van der Waals surface area contributed by atoms with Gasteiger partial charge in [0.2, 0.25) is 0 Å². The Labute approximate surface area is 172 Å². The molecule has 1 unspecified atom stereocenters. The molecule has 0 aliphatic carbocycles. The minimum Gasteiger partial charge on any atom is -0.338 e. The molecular formula is C22H33N5O2. The third-order valence-electron chi connectivity index (χ3n) is 5.76. The molecule has 1 atom stereocenters. The van der Waals surface area contributed by atoms with Crippen LogP contribution in [0.4, 0.5) is 4.79 Å². The number of likely N-dealkylation sites (tertiary alicyclic amines) is 1. The highest BCUT2D eigenvalue weighted by atomic mass is 16.2. The van der Waals surface area contributed by atoms with Crippen molar-refractivity contribution in [1.29, 1.82) is 0 Å². The summed E-state index contributed by atoms with van der Waals surface area (Å²) in [5, 5.41) is 3.57. The van der Waals surface area contributed by atoms with E-state index in [2.05, 4.69) is 27.1 Å². The van der Waals surface area contributed by atoms with Crippen molar-refractivity contribution in [2.24, 2.45) is 0 Å². The van der Waals surface area contributed by atoms with E-state index in [9.17, 15) is 9.59 Å². The summed E-state index contributed by atoms with van der Waals surface area (Å²) in [7, 11) is 0. The molecule has 2 N–H and O–H groups in total. The number of H-pyrrole nitrogens is 1. The van der Waals surface area contributed by atoms with Gasteiger partial charge in [0.25, 0.3) is 5.56 Å². The second kappa shape index (κ2) is 10.4. The van der Waals surface area contributed by atoms with Crippen LogP contribution in [0.15, 0.2) is 29.1 Å². The van der Waals surface area contributed by atoms with Crippen molar-refractivity contribution < 1.29 is 4.79 Å². The third kappa shape index (κ3) is 5.79. The Balaban J connectivity index is 1.46. The van der Waals surface area contributed by atoms with Crippen LogP contribution in [0, 0.1) is 0 Å². The van der Waals surface area contributed by atoms with E-state index < -0.39 is 0 Å². The number of rotatable bonds is 8. The predicted molar refractivity (Wildman–Crippen MR) is 116 cm³/mol. The fraction of sp³-hybridized carbons (Fsp3) is 0.591. The molecule has 1 saturated heterocycles. The molecule has 1 aliphatic heterocycles. The summed E-state index contributed by atoms with van der Waals surface area (Å²) >= 11 is 0. The van der Waals surface area contributed by atoms with Crippen LogP contribution in [-0.4, -0.2) is 58.0 Å². The van der Waals surface area contributed by atoms with Gasteiger partial charge >= 0.3 is 6.03 Å². The highest BCUT2D eigenvalue weighted by Crippen LogP contribution is 2.16. The fourth-order valence-corrected chi connectivity index (χ4v) is 3.95. The van der Waals surface area contributed by atoms with E-state index in [4.69, 9.17) is 0 Å². The Morgan fingerprint density at radius 2 is 2.14 bits per heavy atom. The number of hydrogen-bond donors (Lipinski definition) is 2. The first-order chi connectivity index (χ1) is 14.1. The van der Waals surface area contributed by atoms with Gasteiger partial charge in [0.1, 0.15) is 5.82 Å². The van der Waals surface area contributed by atoms with Crippen LogP contribution in [0.5, 0.6) is 0 Å². The van der Waals surface area contributed by atoms with Crippen LogP contribution in [0.25, 0.3) is 10.9 Å². The highest BCUT2D eigenvalue weighted by molar-refractivity contribution is 5.77. The van der Waals surface area contributed by atoms with Gasteiger partial charge in [-0.2, -0.15) is 0 Å². The van der Waals surface area contributed by atoms with Crippen molar-refractivity contribution in [2.45, 2.75) is 58.5 Å². The molecule has 3 rings (SSSR count). The Morgan fingerprint density at radius 3 is 2.93 bits per heavy atom. The lowest BCUT2D eigenvalue weighted by Crippen LogP contribution is -2.41. The van der Waals surface area contributed by atoms with Crippen LogP contribution in [0.2, 0.25) is 0 Å². The molecule has 1 aliphatic rings. The minimum atomic E-state index is -0.172. The SMILES string of the molecule is CCN(Cc1nc2ccccc2c(=O)[nH]1)C(=O)NCCCCN1CCCCC1C. The number of piperidine rings is 1. The van der Waals surface area contributed by atoms with Gasteiger partial charge in [-0.25, -0.2) is 9.78 Å². The van der Waals surface area contributed by atoms with Crippen molar-refractivity contribution in [1.82, 2.24) is 25.1 Å². The van der Waals surface area contributed by atoms with E-state index in [1.165, 1.54) is 25.8 Å². The summed E-state index contributed by atoms with van der Waals surface area (Å²) in [6.45, 7) is 8.05. The molecule has 2 aromatic rings. The highest BCUT2D eigenvalue weighted by Gasteiger charge is 2.17. The summed E-state index contributed by atoms with van der Waals surface area (Å²) in [6, 6.07) is 7.80. The van der Waals surface area contributed by atoms with Crippen molar-refractivity contribution in [3.05, 3.63) is 40.4 Å². The number of aromatic nitrogens is 2. The zero-order valence-corrected chi connectivity index (χ0v) is 17.6. The van der Waals surface area contributed by atoms with E-state index in [-0.39, 0.29) is 18.1 Å². The van der Waals surface area contributed by atoms with Gasteiger partial charge in [0.15, 0.2) is 0 Å². The summed E-state index contributed by atoms with van der Waals surface area (Å²) in [5.41, 5.74) is 0.476.